The van der Waals surface area contributed by atoms with Gasteiger partial charge in [0.15, 0.2) is 0 Å². The highest BCUT2D eigenvalue weighted by atomic mass is 35.5. The topological polar surface area (TPSA) is 37.8 Å². The summed E-state index contributed by atoms with van der Waals surface area (Å²) < 4.78 is 0. The summed E-state index contributed by atoms with van der Waals surface area (Å²) in [5.41, 5.74) is 0.955. The first-order chi connectivity index (χ1) is 9.62. The molecule has 0 aliphatic heterocycles. The maximum Gasteiger partial charge on any atom is 0.137 e. The number of aromatic nitrogens is 2. The maximum atomic E-state index is 6.20. The number of anilines is 1. The highest BCUT2D eigenvalue weighted by Gasteiger charge is 2.11. The van der Waals surface area contributed by atoms with Crippen LogP contribution >= 0.6 is 11.6 Å². The van der Waals surface area contributed by atoms with Crippen molar-refractivity contribution in [2.24, 2.45) is 5.92 Å². The Morgan fingerprint density at radius 2 is 1.90 bits per heavy atom. The predicted molar refractivity (Wildman–Crippen MR) is 87.6 cm³/mol. The van der Waals surface area contributed by atoms with E-state index in [1.807, 2.05) is 6.92 Å². The molecule has 4 heteroatoms. The Kier molecular flexibility index (Phi) is 7.90. The van der Waals surface area contributed by atoms with E-state index in [-0.39, 0.29) is 0 Å². The van der Waals surface area contributed by atoms with Gasteiger partial charge in [0.1, 0.15) is 16.8 Å². The van der Waals surface area contributed by atoms with Gasteiger partial charge in [-0.3, -0.25) is 0 Å². The number of nitrogens with one attached hydrogen (secondary N) is 1. The summed E-state index contributed by atoms with van der Waals surface area (Å²) >= 11 is 6.20. The van der Waals surface area contributed by atoms with E-state index < -0.39 is 0 Å². The lowest BCUT2D eigenvalue weighted by atomic mass is 9.99. The quantitative estimate of drug-likeness (QED) is 0.650. The third-order valence-electron chi connectivity index (χ3n) is 3.71. The van der Waals surface area contributed by atoms with Crippen molar-refractivity contribution in [1.82, 2.24) is 9.97 Å². The van der Waals surface area contributed by atoms with Gasteiger partial charge in [0.25, 0.3) is 0 Å². The van der Waals surface area contributed by atoms with Gasteiger partial charge in [-0.25, -0.2) is 9.97 Å². The third kappa shape index (κ3) is 5.28. The van der Waals surface area contributed by atoms with Crippen molar-refractivity contribution in [3.8, 4) is 0 Å². The van der Waals surface area contributed by atoms with Crippen LogP contribution < -0.4 is 5.32 Å². The molecule has 0 aromatic carbocycles. The molecule has 1 unspecified atom stereocenters. The van der Waals surface area contributed by atoms with Gasteiger partial charge in [-0.2, -0.15) is 0 Å². The second-order valence-electron chi connectivity index (χ2n) is 5.45. The van der Waals surface area contributed by atoms with Crippen molar-refractivity contribution in [3.63, 3.8) is 0 Å². The van der Waals surface area contributed by atoms with Crippen LogP contribution in [0.15, 0.2) is 0 Å². The van der Waals surface area contributed by atoms with Crippen molar-refractivity contribution in [2.75, 3.05) is 11.9 Å². The molecule has 1 aromatic rings. The molecule has 1 aromatic heterocycles. The second-order valence-corrected chi connectivity index (χ2v) is 5.81. The zero-order valence-electron chi connectivity index (χ0n) is 13.3. The van der Waals surface area contributed by atoms with E-state index in [1.54, 1.807) is 0 Å². The Morgan fingerprint density at radius 1 is 1.15 bits per heavy atom. The second kappa shape index (κ2) is 9.17. The van der Waals surface area contributed by atoms with Crippen molar-refractivity contribution in [3.05, 3.63) is 16.5 Å². The third-order valence-corrected chi connectivity index (χ3v) is 4.08. The van der Waals surface area contributed by atoms with Crippen LogP contribution in [-0.2, 0) is 6.42 Å². The number of rotatable bonds is 9. The van der Waals surface area contributed by atoms with E-state index in [4.69, 9.17) is 11.6 Å². The molecule has 0 radical (unpaired) electrons. The number of aryl methyl sites for hydroxylation is 1. The van der Waals surface area contributed by atoms with Gasteiger partial charge in [-0.05, 0) is 25.7 Å². The minimum atomic E-state index is 0.576. The van der Waals surface area contributed by atoms with Gasteiger partial charge < -0.3 is 5.32 Å². The Bertz CT molecular complexity index is 407. The van der Waals surface area contributed by atoms with E-state index in [0.29, 0.717) is 11.1 Å². The van der Waals surface area contributed by atoms with Gasteiger partial charge in [0, 0.05) is 18.5 Å². The summed E-state index contributed by atoms with van der Waals surface area (Å²) in [4.78, 5) is 8.94. The monoisotopic (exact) mass is 297 g/mol. The molecule has 0 fully saturated rings. The van der Waals surface area contributed by atoms with Gasteiger partial charge in [0.2, 0.25) is 0 Å². The largest absolute Gasteiger partial charge is 0.369 e. The minimum absolute atomic E-state index is 0.576. The highest BCUT2D eigenvalue weighted by Crippen LogP contribution is 2.21. The molecule has 0 saturated carbocycles. The Morgan fingerprint density at radius 3 is 2.50 bits per heavy atom. The van der Waals surface area contributed by atoms with Gasteiger partial charge in [0.05, 0.1) is 0 Å². The molecule has 0 spiro atoms. The normalized spacial score (nSPS) is 12.4. The lowest BCUT2D eigenvalue weighted by Gasteiger charge is -2.17. The molecule has 20 heavy (non-hydrogen) atoms. The van der Waals surface area contributed by atoms with Crippen molar-refractivity contribution >= 4 is 17.4 Å². The SMILES string of the molecule is CCCCC(CC)CNc1nc(CCC)nc(Cl)c1C. The van der Waals surface area contributed by atoms with Crippen molar-refractivity contribution in [2.45, 2.75) is 66.2 Å². The molecule has 0 aliphatic carbocycles. The van der Waals surface area contributed by atoms with E-state index >= 15 is 0 Å². The first-order valence-corrected chi connectivity index (χ1v) is 8.26. The van der Waals surface area contributed by atoms with Crippen LogP contribution in [0.4, 0.5) is 5.82 Å². The minimum Gasteiger partial charge on any atom is -0.369 e. The zero-order chi connectivity index (χ0) is 15.0. The number of hydrogen-bond acceptors (Lipinski definition) is 3. The summed E-state index contributed by atoms with van der Waals surface area (Å²) in [5, 5.41) is 4.05. The zero-order valence-corrected chi connectivity index (χ0v) is 14.1. The molecule has 1 N–H and O–H groups in total. The molecule has 0 saturated heterocycles. The van der Waals surface area contributed by atoms with Crippen molar-refractivity contribution in [1.29, 1.82) is 0 Å². The molecule has 0 bridgehead atoms. The lowest BCUT2D eigenvalue weighted by molar-refractivity contribution is 0.472. The fraction of sp³-hybridized carbons (Fsp3) is 0.750. The average molecular weight is 298 g/mol. The van der Waals surface area contributed by atoms with Crippen LogP contribution in [0.2, 0.25) is 5.15 Å². The molecule has 3 nitrogen and oxygen atoms in total. The summed E-state index contributed by atoms with van der Waals surface area (Å²) in [6, 6.07) is 0. The average Bonchev–Trinajstić information content (AvgIpc) is 2.44. The first kappa shape index (κ1) is 17.2. The number of hydrogen-bond donors (Lipinski definition) is 1. The highest BCUT2D eigenvalue weighted by molar-refractivity contribution is 6.30. The number of nitrogens with zero attached hydrogens (tertiary/aromatic N) is 2. The predicted octanol–water partition coefficient (Wildman–Crippen LogP) is 5.02. The lowest BCUT2D eigenvalue weighted by Crippen LogP contribution is -2.16. The summed E-state index contributed by atoms with van der Waals surface area (Å²) in [7, 11) is 0. The Labute approximate surface area is 128 Å². The molecule has 1 rings (SSSR count). The van der Waals surface area contributed by atoms with Crippen LogP contribution in [0, 0.1) is 12.8 Å². The Balaban J connectivity index is 2.70. The number of halogens is 1. The van der Waals surface area contributed by atoms with Crippen LogP contribution in [0.25, 0.3) is 0 Å². The van der Waals surface area contributed by atoms with E-state index in [9.17, 15) is 0 Å². The molecule has 1 atom stereocenters. The summed E-state index contributed by atoms with van der Waals surface area (Å²) in [6.45, 7) is 9.57. The van der Waals surface area contributed by atoms with Crippen LogP contribution in [0.1, 0.15) is 64.3 Å². The van der Waals surface area contributed by atoms with E-state index in [0.717, 1.165) is 36.6 Å². The summed E-state index contributed by atoms with van der Waals surface area (Å²) in [5.74, 6) is 2.45. The number of unbranched alkanes of at least 4 members (excludes halogenated alkanes) is 1. The van der Waals surface area contributed by atoms with E-state index in [2.05, 4.69) is 36.1 Å². The van der Waals surface area contributed by atoms with Crippen LogP contribution in [0.5, 0.6) is 0 Å². The maximum absolute atomic E-state index is 6.20. The standard InChI is InChI=1S/C16H28ClN3/c1-5-8-10-13(7-3)11-18-16-12(4)15(17)19-14(20-16)9-6-2/h13H,5-11H2,1-4H3,(H,18,19,20). The molecular weight excluding hydrogens is 270 g/mol. The smallest absolute Gasteiger partial charge is 0.137 e. The van der Waals surface area contributed by atoms with Gasteiger partial charge in [-0.1, -0.05) is 51.6 Å². The summed E-state index contributed by atoms with van der Waals surface area (Å²) in [6.07, 6.45) is 6.95. The van der Waals surface area contributed by atoms with Gasteiger partial charge in [-0.15, -0.1) is 0 Å². The van der Waals surface area contributed by atoms with Crippen LogP contribution in [-0.4, -0.2) is 16.5 Å². The molecule has 114 valence electrons. The Hall–Kier alpha value is -0.830. The first-order valence-electron chi connectivity index (χ1n) is 7.89. The van der Waals surface area contributed by atoms with Gasteiger partial charge >= 0.3 is 0 Å². The molecule has 0 aliphatic rings. The fourth-order valence-corrected chi connectivity index (χ4v) is 2.41. The van der Waals surface area contributed by atoms with Crippen LogP contribution in [0.3, 0.4) is 0 Å². The van der Waals surface area contributed by atoms with Crippen molar-refractivity contribution < 1.29 is 0 Å². The molecule has 0 amide bonds. The molecule has 1 heterocycles. The van der Waals surface area contributed by atoms with E-state index in [1.165, 1.54) is 25.7 Å². The fourth-order valence-electron chi connectivity index (χ4n) is 2.22. The molecular formula is C16H28ClN3.